The predicted molar refractivity (Wildman–Crippen MR) is 163 cm³/mol. The molecule has 4 aromatic rings. The van der Waals surface area contributed by atoms with Gasteiger partial charge >= 0.3 is 0 Å². The van der Waals surface area contributed by atoms with Crippen molar-refractivity contribution in [2.45, 2.75) is 30.8 Å². The van der Waals surface area contributed by atoms with Crippen molar-refractivity contribution in [3.63, 3.8) is 0 Å². The molecule has 214 valence electrons. The molecule has 0 bridgehead atoms. The maximum Gasteiger partial charge on any atom is 0.243 e. The normalized spacial score (nSPS) is 12.3. The maximum absolute atomic E-state index is 14.0. The number of rotatable bonds is 11. The second-order valence-electron chi connectivity index (χ2n) is 9.59. The van der Waals surface area contributed by atoms with Crippen LogP contribution < -0.4 is 5.32 Å². The topological polar surface area (TPSA) is 86.8 Å². The fourth-order valence-corrected chi connectivity index (χ4v) is 6.25. The number of hydrogen-bond donors (Lipinski definition) is 1. The first-order valence-corrected chi connectivity index (χ1v) is 15.3. The third-order valence-corrected chi connectivity index (χ3v) is 9.31. The number of fused-ring (bicyclic) bond motifs is 1. The van der Waals surface area contributed by atoms with Crippen LogP contribution in [0.3, 0.4) is 0 Å². The average molecular weight is 613 g/mol. The Labute approximate surface area is 250 Å². The van der Waals surface area contributed by atoms with Gasteiger partial charge in [0.25, 0.3) is 0 Å². The van der Waals surface area contributed by atoms with E-state index in [0.717, 1.165) is 20.6 Å². The van der Waals surface area contributed by atoms with Gasteiger partial charge in [-0.05, 0) is 47.5 Å². The highest BCUT2D eigenvalue weighted by Gasteiger charge is 2.33. The quantitative estimate of drug-likeness (QED) is 0.241. The van der Waals surface area contributed by atoms with Gasteiger partial charge in [-0.3, -0.25) is 9.59 Å². The average Bonchev–Trinajstić information content (AvgIpc) is 2.96. The highest BCUT2D eigenvalue weighted by atomic mass is 35.5. The second-order valence-corrected chi connectivity index (χ2v) is 12.5. The molecule has 0 heterocycles. The Morgan fingerprint density at radius 3 is 2.15 bits per heavy atom. The number of nitrogens with one attached hydrogen (secondary N) is 1. The van der Waals surface area contributed by atoms with Crippen LogP contribution in [0.5, 0.6) is 0 Å². The van der Waals surface area contributed by atoms with Crippen molar-refractivity contribution in [1.82, 2.24) is 14.5 Å². The maximum atomic E-state index is 14.0. The summed E-state index contributed by atoms with van der Waals surface area (Å²) < 4.78 is 28.1. The Morgan fingerprint density at radius 2 is 1.49 bits per heavy atom. The van der Waals surface area contributed by atoms with Crippen LogP contribution in [0, 0.1) is 0 Å². The first-order valence-electron chi connectivity index (χ1n) is 13.1. The molecule has 41 heavy (non-hydrogen) atoms. The number of amides is 2. The van der Waals surface area contributed by atoms with E-state index < -0.39 is 28.5 Å². The molecule has 4 aromatic carbocycles. The summed E-state index contributed by atoms with van der Waals surface area (Å²) in [5.41, 5.74) is 1.30. The largest absolute Gasteiger partial charge is 0.355 e. The van der Waals surface area contributed by atoms with Gasteiger partial charge in [0.1, 0.15) is 6.04 Å². The van der Waals surface area contributed by atoms with E-state index in [9.17, 15) is 18.0 Å². The Hall–Kier alpha value is -3.43. The van der Waals surface area contributed by atoms with Crippen molar-refractivity contribution < 1.29 is 18.0 Å². The molecule has 4 rings (SSSR count). The summed E-state index contributed by atoms with van der Waals surface area (Å²) in [6, 6.07) is 25.6. The Kier molecular flexibility index (Phi) is 10.0. The van der Waals surface area contributed by atoms with E-state index in [1.165, 1.54) is 18.0 Å². The number of sulfonamides is 1. The lowest BCUT2D eigenvalue weighted by molar-refractivity contribution is -0.141. The Balaban J connectivity index is 1.69. The van der Waals surface area contributed by atoms with E-state index in [-0.39, 0.29) is 23.8 Å². The number of nitrogens with zero attached hydrogens (tertiary/aromatic N) is 2. The summed E-state index contributed by atoms with van der Waals surface area (Å²) in [5.74, 6) is -0.937. The minimum absolute atomic E-state index is 0.0664. The van der Waals surface area contributed by atoms with Crippen molar-refractivity contribution >= 4 is 55.8 Å². The molecular formula is C31H31Cl2N3O4S. The summed E-state index contributed by atoms with van der Waals surface area (Å²) in [5, 5.41) is 5.15. The number of benzene rings is 4. The molecule has 1 N–H and O–H groups in total. The molecule has 2 amide bonds. The smallest absolute Gasteiger partial charge is 0.243 e. The minimum atomic E-state index is -4.03. The fraction of sp³-hybridized carbons (Fsp3) is 0.226. The molecule has 0 aromatic heterocycles. The standard InChI is InChI=1S/C31H31Cl2N3O4S/c1-3-34-31(38)29(18-22-10-5-4-6-11-22)36(20-26-27(32)14-9-15-28(26)33)30(37)21-35(2)41(39,40)25-17-16-23-12-7-8-13-24(23)19-25/h4-17,19,29H,3,18,20-21H2,1-2H3,(H,34,38)/t29-/m1/s1. The lowest BCUT2D eigenvalue weighted by Crippen LogP contribution is -2.53. The first kappa shape index (κ1) is 30.5. The zero-order valence-corrected chi connectivity index (χ0v) is 25.1. The van der Waals surface area contributed by atoms with E-state index in [0.29, 0.717) is 22.2 Å². The van der Waals surface area contributed by atoms with Gasteiger partial charge in [0.2, 0.25) is 21.8 Å². The van der Waals surface area contributed by atoms with E-state index >= 15 is 0 Å². The van der Waals surface area contributed by atoms with E-state index in [1.807, 2.05) is 54.6 Å². The van der Waals surface area contributed by atoms with Gasteiger partial charge in [0.05, 0.1) is 11.4 Å². The van der Waals surface area contributed by atoms with Crippen molar-refractivity contribution in [2.75, 3.05) is 20.1 Å². The first-order chi connectivity index (χ1) is 19.6. The molecule has 0 spiro atoms. The Morgan fingerprint density at radius 1 is 0.854 bits per heavy atom. The van der Waals surface area contributed by atoms with Crippen LogP contribution >= 0.6 is 23.2 Å². The third kappa shape index (κ3) is 7.26. The van der Waals surface area contributed by atoms with Gasteiger partial charge in [-0.1, -0.05) is 89.9 Å². The number of carbonyl (C=O) groups is 2. The van der Waals surface area contributed by atoms with Crippen LogP contribution in [0.4, 0.5) is 0 Å². The summed E-state index contributed by atoms with van der Waals surface area (Å²) in [4.78, 5) is 28.8. The summed E-state index contributed by atoms with van der Waals surface area (Å²) >= 11 is 12.9. The third-order valence-electron chi connectivity index (χ3n) is 6.80. The molecule has 0 fully saturated rings. The summed E-state index contributed by atoms with van der Waals surface area (Å²) in [6.07, 6.45) is 0.210. The number of likely N-dealkylation sites (N-methyl/N-ethyl adjacent to an activating group) is 2. The van der Waals surface area contributed by atoms with Crippen LogP contribution in [0.2, 0.25) is 10.0 Å². The van der Waals surface area contributed by atoms with Gasteiger partial charge in [-0.2, -0.15) is 4.31 Å². The predicted octanol–water partition coefficient (Wildman–Crippen LogP) is 5.54. The van der Waals surface area contributed by atoms with Crippen molar-refractivity contribution in [1.29, 1.82) is 0 Å². The molecule has 0 saturated carbocycles. The molecule has 0 aliphatic carbocycles. The van der Waals surface area contributed by atoms with E-state index in [4.69, 9.17) is 23.2 Å². The van der Waals surface area contributed by atoms with Crippen LogP contribution in [-0.4, -0.2) is 55.6 Å². The molecule has 0 aliphatic heterocycles. The monoisotopic (exact) mass is 611 g/mol. The molecular weight excluding hydrogens is 581 g/mol. The second kappa shape index (κ2) is 13.5. The van der Waals surface area contributed by atoms with Crippen LogP contribution in [-0.2, 0) is 32.6 Å². The number of hydrogen-bond acceptors (Lipinski definition) is 4. The number of carbonyl (C=O) groups excluding carboxylic acids is 2. The number of halogens is 2. The van der Waals surface area contributed by atoms with Crippen molar-refractivity contribution in [3.8, 4) is 0 Å². The minimum Gasteiger partial charge on any atom is -0.355 e. The van der Waals surface area contributed by atoms with Crippen LogP contribution in [0.25, 0.3) is 10.8 Å². The molecule has 0 radical (unpaired) electrons. The lowest BCUT2D eigenvalue weighted by Gasteiger charge is -2.33. The van der Waals surface area contributed by atoms with Gasteiger partial charge in [-0.15, -0.1) is 0 Å². The van der Waals surface area contributed by atoms with E-state index in [1.54, 1.807) is 37.3 Å². The zero-order valence-electron chi connectivity index (χ0n) is 22.8. The highest BCUT2D eigenvalue weighted by Crippen LogP contribution is 2.28. The van der Waals surface area contributed by atoms with Gasteiger partial charge < -0.3 is 10.2 Å². The zero-order chi connectivity index (χ0) is 29.6. The van der Waals surface area contributed by atoms with Crippen molar-refractivity contribution in [2.24, 2.45) is 0 Å². The molecule has 0 unspecified atom stereocenters. The fourth-order valence-electron chi connectivity index (χ4n) is 4.57. The van der Waals surface area contributed by atoms with Crippen molar-refractivity contribution in [3.05, 3.63) is 112 Å². The van der Waals surface area contributed by atoms with Crippen LogP contribution in [0.1, 0.15) is 18.1 Å². The lowest BCUT2D eigenvalue weighted by atomic mass is 10.0. The molecule has 0 saturated heterocycles. The Bertz CT molecular complexity index is 1630. The van der Waals surface area contributed by atoms with E-state index in [2.05, 4.69) is 5.32 Å². The molecule has 0 aliphatic rings. The molecule has 7 nitrogen and oxygen atoms in total. The highest BCUT2D eigenvalue weighted by molar-refractivity contribution is 7.89. The molecule has 10 heteroatoms. The van der Waals surface area contributed by atoms with Gasteiger partial charge in [0, 0.05) is 42.2 Å². The SMILES string of the molecule is CCNC(=O)[C@@H](Cc1ccccc1)N(Cc1c(Cl)cccc1Cl)C(=O)CN(C)S(=O)(=O)c1ccc2ccccc2c1. The van der Waals surface area contributed by atoms with Gasteiger partial charge in [0.15, 0.2) is 0 Å². The molecule has 1 atom stereocenters. The summed E-state index contributed by atoms with van der Waals surface area (Å²) in [7, 11) is -2.68. The van der Waals surface area contributed by atoms with Gasteiger partial charge in [-0.25, -0.2) is 8.42 Å². The van der Waals surface area contributed by atoms with Crippen LogP contribution in [0.15, 0.2) is 95.9 Å². The summed E-state index contributed by atoms with van der Waals surface area (Å²) in [6.45, 7) is 1.56.